The standard InChI is InChI=1S/C31H44O10/c1-14-9-19(38-26(14)35)24-15(2)17-10-21(37-16(3)32)28(6)25-18(33)11-20-27(4,5)39-22-12-23(34)40-30(20,22)13-29(25,36)7-8-31(17,28)41-24/h14-15,17-22,24-25,33,36H,7-13H2,1-6H3/t14?,15-,17+,18+,19-,20-,21-,22+,24+,25-,28+,29-,30+,31-/m0/s1. The van der Waals surface area contributed by atoms with Gasteiger partial charge in [-0.3, -0.25) is 14.4 Å². The number of fused-ring (bicyclic) bond motifs is 2. The lowest BCUT2D eigenvalue weighted by atomic mass is 9.50. The van der Waals surface area contributed by atoms with Crippen molar-refractivity contribution in [1.29, 1.82) is 0 Å². The molecular formula is C31H44O10. The molecule has 10 nitrogen and oxygen atoms in total. The van der Waals surface area contributed by atoms with Crippen molar-refractivity contribution in [3.8, 4) is 0 Å². The Hall–Kier alpha value is -1.75. The van der Waals surface area contributed by atoms with Gasteiger partial charge in [0, 0.05) is 30.6 Å². The van der Waals surface area contributed by atoms with Crippen LogP contribution in [0.15, 0.2) is 0 Å². The van der Waals surface area contributed by atoms with Gasteiger partial charge in [-0.2, -0.15) is 0 Å². The minimum Gasteiger partial charge on any atom is -0.462 e. The first-order valence-corrected chi connectivity index (χ1v) is 15.4. The molecule has 1 unspecified atom stereocenters. The van der Waals surface area contributed by atoms with E-state index >= 15 is 0 Å². The monoisotopic (exact) mass is 576 g/mol. The van der Waals surface area contributed by atoms with Gasteiger partial charge in [0.25, 0.3) is 0 Å². The molecule has 0 bridgehead atoms. The van der Waals surface area contributed by atoms with Gasteiger partial charge in [0.15, 0.2) is 0 Å². The van der Waals surface area contributed by atoms with Crippen LogP contribution in [0.1, 0.15) is 86.5 Å². The van der Waals surface area contributed by atoms with Crippen LogP contribution in [0.4, 0.5) is 0 Å². The van der Waals surface area contributed by atoms with Gasteiger partial charge in [0.05, 0.1) is 41.3 Å². The molecule has 7 rings (SSSR count). The van der Waals surface area contributed by atoms with Crippen LogP contribution in [-0.4, -0.2) is 81.0 Å². The van der Waals surface area contributed by atoms with Crippen molar-refractivity contribution in [2.24, 2.45) is 35.0 Å². The molecule has 41 heavy (non-hydrogen) atoms. The predicted octanol–water partition coefficient (Wildman–Crippen LogP) is 2.44. The zero-order valence-corrected chi connectivity index (χ0v) is 24.9. The summed E-state index contributed by atoms with van der Waals surface area (Å²) in [5.41, 5.74) is -4.89. The topological polar surface area (TPSA) is 138 Å². The van der Waals surface area contributed by atoms with Gasteiger partial charge in [0.2, 0.25) is 0 Å². The normalized spacial score (nSPS) is 56.6. The third-order valence-electron chi connectivity index (χ3n) is 12.8. The minimum atomic E-state index is -1.42. The maximum atomic E-state index is 12.7. The van der Waals surface area contributed by atoms with Gasteiger partial charge in [-0.15, -0.1) is 0 Å². The van der Waals surface area contributed by atoms with Crippen LogP contribution >= 0.6 is 0 Å². The van der Waals surface area contributed by atoms with E-state index in [1.807, 2.05) is 27.7 Å². The van der Waals surface area contributed by atoms with Gasteiger partial charge in [-0.1, -0.05) is 20.8 Å². The maximum absolute atomic E-state index is 12.7. The molecule has 2 N–H and O–H groups in total. The highest BCUT2D eigenvalue weighted by atomic mass is 16.6. The fourth-order valence-electron chi connectivity index (χ4n) is 11.3. The van der Waals surface area contributed by atoms with Gasteiger partial charge < -0.3 is 33.9 Å². The number of carbonyl (C=O) groups excluding carboxylic acids is 3. The lowest BCUT2D eigenvalue weighted by Gasteiger charge is -2.60. The first-order valence-electron chi connectivity index (χ1n) is 15.4. The third-order valence-corrected chi connectivity index (χ3v) is 12.8. The molecular weight excluding hydrogens is 532 g/mol. The van der Waals surface area contributed by atoms with Gasteiger partial charge in [-0.05, 0) is 57.8 Å². The molecule has 4 heterocycles. The highest BCUT2D eigenvalue weighted by Gasteiger charge is 2.81. The van der Waals surface area contributed by atoms with Crippen LogP contribution in [0.2, 0.25) is 0 Å². The van der Waals surface area contributed by atoms with E-state index in [1.165, 1.54) is 6.92 Å². The third kappa shape index (κ3) is 3.42. The van der Waals surface area contributed by atoms with Crippen LogP contribution < -0.4 is 0 Å². The summed E-state index contributed by atoms with van der Waals surface area (Å²) in [7, 11) is 0. The Morgan fingerprint density at radius 1 is 1.05 bits per heavy atom. The Kier molecular flexibility index (Phi) is 5.78. The number of hydrogen-bond donors (Lipinski definition) is 2. The van der Waals surface area contributed by atoms with E-state index in [2.05, 4.69) is 6.92 Å². The number of aliphatic hydroxyl groups excluding tert-OH is 1. The fourth-order valence-corrected chi connectivity index (χ4v) is 11.3. The van der Waals surface area contributed by atoms with Crippen molar-refractivity contribution >= 4 is 17.9 Å². The van der Waals surface area contributed by atoms with E-state index in [-0.39, 0.29) is 67.1 Å². The summed E-state index contributed by atoms with van der Waals surface area (Å²) in [5, 5.41) is 24.9. The van der Waals surface area contributed by atoms with Crippen molar-refractivity contribution in [2.45, 2.75) is 139 Å². The zero-order valence-electron chi connectivity index (χ0n) is 24.9. The number of ether oxygens (including phenoxy) is 5. The smallest absolute Gasteiger partial charge is 0.309 e. The molecule has 3 saturated carbocycles. The summed E-state index contributed by atoms with van der Waals surface area (Å²) in [4.78, 5) is 37.4. The minimum absolute atomic E-state index is 0.0116. The van der Waals surface area contributed by atoms with E-state index in [1.54, 1.807) is 0 Å². The average molecular weight is 577 g/mol. The molecule has 10 heteroatoms. The van der Waals surface area contributed by atoms with E-state index in [9.17, 15) is 24.6 Å². The fraction of sp³-hybridized carbons (Fsp3) is 0.903. The molecule has 228 valence electrons. The average Bonchev–Trinajstić information content (AvgIpc) is 3.53. The Balaban J connectivity index is 1.33. The van der Waals surface area contributed by atoms with Crippen molar-refractivity contribution in [3.63, 3.8) is 0 Å². The quantitative estimate of drug-likeness (QED) is 0.372. The molecule has 0 radical (unpaired) electrons. The van der Waals surface area contributed by atoms with E-state index in [0.717, 1.165) is 0 Å². The second-order valence-corrected chi connectivity index (χ2v) is 15.1. The Morgan fingerprint density at radius 3 is 2.44 bits per heavy atom. The highest BCUT2D eigenvalue weighted by Crippen LogP contribution is 2.73. The van der Waals surface area contributed by atoms with Crippen LogP contribution in [-0.2, 0) is 38.1 Å². The molecule has 4 saturated heterocycles. The molecule has 0 aromatic heterocycles. The highest BCUT2D eigenvalue weighted by molar-refractivity contribution is 5.74. The van der Waals surface area contributed by atoms with Crippen molar-refractivity contribution in [3.05, 3.63) is 0 Å². The first kappa shape index (κ1) is 28.0. The predicted molar refractivity (Wildman–Crippen MR) is 141 cm³/mol. The maximum Gasteiger partial charge on any atom is 0.309 e. The number of rotatable bonds is 2. The molecule has 7 aliphatic rings. The number of esters is 3. The van der Waals surface area contributed by atoms with Crippen LogP contribution in [0.3, 0.4) is 0 Å². The van der Waals surface area contributed by atoms with Crippen LogP contribution in [0.25, 0.3) is 0 Å². The van der Waals surface area contributed by atoms with E-state index in [4.69, 9.17) is 23.7 Å². The van der Waals surface area contributed by atoms with E-state index < -0.39 is 58.0 Å². The van der Waals surface area contributed by atoms with Crippen molar-refractivity contribution in [1.82, 2.24) is 0 Å². The lowest BCUT2D eigenvalue weighted by molar-refractivity contribution is -0.271. The molecule has 4 aliphatic heterocycles. The SMILES string of the molecule is CC(=O)O[C@H]1C[C@@H]2[C@H](C)[C@H]([C@@H]3CC(C)C(=O)O3)O[C@@]23CC[C@]2(O)C[C@]45OC(=O)C[C@H]4OC(C)(C)[C@@H]5C[C@@H](O)[C@H]2[C@@]13C. The Bertz CT molecular complexity index is 1190. The molecule has 3 aliphatic carbocycles. The molecule has 2 spiro atoms. The summed E-state index contributed by atoms with van der Waals surface area (Å²) >= 11 is 0. The Labute approximate surface area is 240 Å². The molecule has 0 aromatic rings. The Morgan fingerprint density at radius 2 is 1.78 bits per heavy atom. The lowest BCUT2D eigenvalue weighted by Crippen LogP contribution is -2.68. The first-order chi connectivity index (χ1) is 19.1. The molecule has 0 aromatic carbocycles. The van der Waals surface area contributed by atoms with Gasteiger partial charge in [0.1, 0.15) is 23.9 Å². The van der Waals surface area contributed by atoms with Crippen LogP contribution in [0.5, 0.6) is 0 Å². The van der Waals surface area contributed by atoms with Crippen LogP contribution in [0, 0.1) is 35.0 Å². The largest absolute Gasteiger partial charge is 0.462 e. The number of cyclic esters (lactones) is 1. The molecule has 0 amide bonds. The zero-order chi connectivity index (χ0) is 29.5. The second kappa shape index (κ2) is 8.45. The van der Waals surface area contributed by atoms with Gasteiger partial charge >= 0.3 is 17.9 Å². The molecule has 7 fully saturated rings. The van der Waals surface area contributed by atoms with Crippen molar-refractivity contribution < 1.29 is 48.3 Å². The summed E-state index contributed by atoms with van der Waals surface area (Å²) in [6, 6.07) is 0. The van der Waals surface area contributed by atoms with Crippen molar-refractivity contribution in [2.75, 3.05) is 0 Å². The summed E-state index contributed by atoms with van der Waals surface area (Å²) in [5.74, 6) is -2.22. The second-order valence-electron chi connectivity index (χ2n) is 15.1. The summed E-state index contributed by atoms with van der Waals surface area (Å²) in [6.45, 7) is 11.3. The van der Waals surface area contributed by atoms with Gasteiger partial charge in [-0.25, -0.2) is 0 Å². The number of aliphatic hydroxyl groups is 2. The molecule has 14 atom stereocenters. The van der Waals surface area contributed by atoms with E-state index in [0.29, 0.717) is 25.7 Å². The number of carbonyl (C=O) groups is 3. The summed E-state index contributed by atoms with van der Waals surface area (Å²) in [6.07, 6.45) is -0.318. The number of hydrogen-bond acceptors (Lipinski definition) is 10. The summed E-state index contributed by atoms with van der Waals surface area (Å²) < 4.78 is 31.4.